The summed E-state index contributed by atoms with van der Waals surface area (Å²) >= 11 is 5.85. The Morgan fingerprint density at radius 3 is 2.57 bits per heavy atom. The SMILES string of the molecule is Cl.Nc1ncc(Cl)cc1S(=O)(=O)N1CCC(NCC2CC2)CC1. The molecule has 0 unspecified atom stereocenters. The summed E-state index contributed by atoms with van der Waals surface area (Å²) in [4.78, 5) is 3.84. The molecular formula is C14H22Cl2N4O2S. The van der Waals surface area contributed by atoms with E-state index < -0.39 is 10.0 Å². The zero-order chi connectivity index (χ0) is 15.7. The number of anilines is 1. The molecule has 0 aromatic carbocycles. The molecule has 6 nitrogen and oxygen atoms in total. The molecule has 1 aliphatic carbocycles. The minimum absolute atomic E-state index is 0. The van der Waals surface area contributed by atoms with Crippen molar-refractivity contribution in [2.24, 2.45) is 5.92 Å². The van der Waals surface area contributed by atoms with Crippen molar-refractivity contribution in [2.75, 3.05) is 25.4 Å². The highest BCUT2D eigenvalue weighted by Gasteiger charge is 2.32. The molecule has 0 bridgehead atoms. The molecule has 1 aromatic heterocycles. The molecule has 1 saturated heterocycles. The fraction of sp³-hybridized carbons (Fsp3) is 0.643. The lowest BCUT2D eigenvalue weighted by molar-refractivity contribution is 0.288. The lowest BCUT2D eigenvalue weighted by atomic mass is 10.1. The molecule has 3 N–H and O–H groups in total. The lowest BCUT2D eigenvalue weighted by Gasteiger charge is -2.32. The zero-order valence-corrected chi connectivity index (χ0v) is 15.1. The summed E-state index contributed by atoms with van der Waals surface area (Å²) in [5.41, 5.74) is 5.71. The van der Waals surface area contributed by atoms with Crippen LogP contribution in [0.1, 0.15) is 25.7 Å². The largest absolute Gasteiger partial charge is 0.383 e. The maximum absolute atomic E-state index is 12.7. The van der Waals surface area contributed by atoms with Gasteiger partial charge in [0.2, 0.25) is 10.0 Å². The second kappa shape index (κ2) is 7.53. The molecular weight excluding hydrogens is 359 g/mol. The molecule has 9 heteroatoms. The van der Waals surface area contributed by atoms with E-state index in [0.717, 1.165) is 25.3 Å². The Morgan fingerprint density at radius 2 is 1.96 bits per heavy atom. The van der Waals surface area contributed by atoms with Crippen molar-refractivity contribution in [3.8, 4) is 0 Å². The first-order chi connectivity index (χ1) is 10.5. The third kappa shape index (κ3) is 4.48. The number of pyridine rings is 1. The molecule has 2 heterocycles. The second-order valence-corrected chi connectivity index (χ2v) is 8.41. The minimum atomic E-state index is -3.62. The molecule has 2 fully saturated rings. The van der Waals surface area contributed by atoms with Gasteiger partial charge in [-0.25, -0.2) is 13.4 Å². The Balaban J connectivity index is 0.00000192. The number of hydrogen-bond acceptors (Lipinski definition) is 5. The lowest BCUT2D eigenvalue weighted by Crippen LogP contribution is -2.45. The second-order valence-electron chi connectivity index (χ2n) is 6.07. The Bertz CT molecular complexity index is 644. The number of nitrogens with one attached hydrogen (secondary N) is 1. The first kappa shape index (κ1) is 18.7. The molecule has 1 saturated carbocycles. The molecule has 1 aliphatic heterocycles. The van der Waals surface area contributed by atoms with Crippen molar-refractivity contribution in [3.63, 3.8) is 0 Å². The average molecular weight is 381 g/mol. The molecule has 0 radical (unpaired) electrons. The van der Waals surface area contributed by atoms with Gasteiger partial charge >= 0.3 is 0 Å². The minimum Gasteiger partial charge on any atom is -0.383 e. The van der Waals surface area contributed by atoms with Crippen LogP contribution in [0.5, 0.6) is 0 Å². The highest BCUT2D eigenvalue weighted by Crippen LogP contribution is 2.29. The van der Waals surface area contributed by atoms with E-state index in [-0.39, 0.29) is 28.1 Å². The summed E-state index contributed by atoms with van der Waals surface area (Å²) in [5, 5.41) is 3.81. The molecule has 3 rings (SSSR count). The maximum atomic E-state index is 12.7. The number of hydrogen-bond donors (Lipinski definition) is 2. The third-order valence-electron chi connectivity index (χ3n) is 4.31. The van der Waals surface area contributed by atoms with E-state index in [0.29, 0.717) is 19.1 Å². The summed E-state index contributed by atoms with van der Waals surface area (Å²) in [7, 11) is -3.62. The number of aromatic nitrogens is 1. The van der Waals surface area contributed by atoms with Crippen molar-refractivity contribution >= 4 is 39.8 Å². The van der Waals surface area contributed by atoms with Crippen molar-refractivity contribution in [1.82, 2.24) is 14.6 Å². The van der Waals surface area contributed by atoms with Crippen LogP contribution in [0.25, 0.3) is 0 Å². The van der Waals surface area contributed by atoms with Gasteiger partial charge in [0.1, 0.15) is 10.7 Å². The van der Waals surface area contributed by atoms with Crippen molar-refractivity contribution in [1.29, 1.82) is 0 Å². The van der Waals surface area contributed by atoms with E-state index in [4.69, 9.17) is 17.3 Å². The summed E-state index contributed by atoms with van der Waals surface area (Å²) in [6.45, 7) is 2.05. The van der Waals surface area contributed by atoms with Crippen molar-refractivity contribution < 1.29 is 8.42 Å². The van der Waals surface area contributed by atoms with Crippen molar-refractivity contribution in [2.45, 2.75) is 36.6 Å². The number of sulfonamides is 1. The Hall–Kier alpha value is -0.600. The van der Waals surface area contributed by atoms with Gasteiger partial charge in [-0.1, -0.05) is 11.6 Å². The highest BCUT2D eigenvalue weighted by atomic mass is 35.5. The van der Waals surface area contributed by atoms with Crippen molar-refractivity contribution in [3.05, 3.63) is 17.3 Å². The van der Waals surface area contributed by atoms with Gasteiger partial charge in [-0.05, 0) is 44.2 Å². The van der Waals surface area contributed by atoms with Crippen LogP contribution in [-0.2, 0) is 10.0 Å². The first-order valence-corrected chi connectivity index (χ1v) is 9.43. The van der Waals surface area contributed by atoms with E-state index in [2.05, 4.69) is 10.3 Å². The molecule has 1 aromatic rings. The van der Waals surface area contributed by atoms with Gasteiger partial charge in [0, 0.05) is 25.3 Å². The molecule has 0 amide bonds. The van der Waals surface area contributed by atoms with Gasteiger partial charge in [0.15, 0.2) is 0 Å². The normalized spacial score (nSPS) is 20.2. The van der Waals surface area contributed by atoms with Crippen LogP contribution in [0.4, 0.5) is 5.82 Å². The van der Waals surface area contributed by atoms with Crippen LogP contribution in [-0.4, -0.2) is 43.4 Å². The van der Waals surface area contributed by atoms with E-state index in [9.17, 15) is 8.42 Å². The Kier molecular flexibility index (Phi) is 6.13. The number of nitrogens with two attached hydrogens (primary N) is 1. The first-order valence-electron chi connectivity index (χ1n) is 7.61. The van der Waals surface area contributed by atoms with Crippen LogP contribution in [0, 0.1) is 5.92 Å². The Labute approximate surface area is 148 Å². The highest BCUT2D eigenvalue weighted by molar-refractivity contribution is 7.89. The molecule has 0 spiro atoms. The number of rotatable bonds is 5. The molecule has 130 valence electrons. The predicted octanol–water partition coefficient (Wildman–Crippen LogP) is 1.89. The van der Waals surface area contributed by atoms with Gasteiger partial charge in [-0.2, -0.15) is 4.31 Å². The van der Waals surface area contributed by atoms with Crippen LogP contribution in [0.15, 0.2) is 17.2 Å². The Morgan fingerprint density at radius 1 is 1.30 bits per heavy atom. The fourth-order valence-corrected chi connectivity index (χ4v) is 4.52. The van der Waals surface area contributed by atoms with E-state index in [1.54, 1.807) is 0 Å². The smallest absolute Gasteiger partial charge is 0.246 e. The number of nitrogen functional groups attached to an aromatic ring is 1. The van der Waals surface area contributed by atoms with E-state index in [1.807, 2.05) is 0 Å². The quantitative estimate of drug-likeness (QED) is 0.813. The third-order valence-corrected chi connectivity index (χ3v) is 6.45. The van der Waals surface area contributed by atoms with Gasteiger partial charge in [0.25, 0.3) is 0 Å². The number of halogens is 2. The van der Waals surface area contributed by atoms with E-state index >= 15 is 0 Å². The summed E-state index contributed by atoms with van der Waals surface area (Å²) in [6, 6.07) is 1.78. The number of nitrogens with zero attached hydrogens (tertiary/aromatic N) is 2. The topological polar surface area (TPSA) is 88.3 Å². The van der Waals surface area contributed by atoms with Crippen LogP contribution in [0.3, 0.4) is 0 Å². The fourth-order valence-electron chi connectivity index (χ4n) is 2.73. The van der Waals surface area contributed by atoms with Gasteiger partial charge in [0.05, 0.1) is 5.02 Å². The summed E-state index contributed by atoms with van der Waals surface area (Å²) < 4.78 is 26.8. The maximum Gasteiger partial charge on any atom is 0.246 e. The monoisotopic (exact) mass is 380 g/mol. The van der Waals surface area contributed by atoms with Crippen LogP contribution >= 0.6 is 24.0 Å². The summed E-state index contributed by atoms with van der Waals surface area (Å²) in [6.07, 6.45) is 5.63. The molecule has 0 atom stereocenters. The van der Waals surface area contributed by atoms with E-state index in [1.165, 1.54) is 29.4 Å². The zero-order valence-electron chi connectivity index (χ0n) is 12.7. The van der Waals surface area contributed by atoms with Gasteiger partial charge in [-0.3, -0.25) is 0 Å². The van der Waals surface area contributed by atoms with Crippen LogP contribution < -0.4 is 11.1 Å². The molecule has 2 aliphatic rings. The molecule has 23 heavy (non-hydrogen) atoms. The standard InChI is InChI=1S/C14H21ClN4O2S.ClH/c15-11-7-13(14(16)18-9-11)22(20,21)19-5-3-12(4-6-19)17-8-10-1-2-10;/h7,9-10,12,17H,1-6,8H2,(H2,16,18);1H. The predicted molar refractivity (Wildman–Crippen MR) is 93.4 cm³/mol. The van der Waals surface area contributed by atoms with Gasteiger partial charge in [-0.15, -0.1) is 12.4 Å². The summed E-state index contributed by atoms with van der Waals surface area (Å²) in [5.74, 6) is 0.831. The average Bonchev–Trinajstić information content (AvgIpc) is 3.32. The van der Waals surface area contributed by atoms with Gasteiger partial charge < -0.3 is 11.1 Å². The van der Waals surface area contributed by atoms with Crippen LogP contribution in [0.2, 0.25) is 5.02 Å². The number of piperidine rings is 1.